The molecule has 0 radical (unpaired) electrons. The SMILES string of the molecule is COc1cc(CN(CCOC(N)=O)C(=O)c2ccccc2)ccc1OCc1ccccc1F. The molecule has 7 nitrogen and oxygen atoms in total. The monoisotopic (exact) mass is 452 g/mol. The van der Waals surface area contributed by atoms with Crippen LogP contribution in [0, 0.1) is 5.82 Å². The maximum absolute atomic E-state index is 13.9. The lowest BCUT2D eigenvalue weighted by Crippen LogP contribution is -2.34. The quantitative estimate of drug-likeness (QED) is 0.499. The van der Waals surface area contributed by atoms with Crippen molar-refractivity contribution in [3.8, 4) is 11.5 Å². The molecule has 0 saturated carbocycles. The average Bonchev–Trinajstić information content (AvgIpc) is 2.83. The second-order valence-electron chi connectivity index (χ2n) is 7.13. The molecular formula is C25H25FN2O5. The molecule has 0 unspecified atom stereocenters. The number of methoxy groups -OCH3 is 1. The lowest BCUT2D eigenvalue weighted by molar-refractivity contribution is 0.0688. The third kappa shape index (κ3) is 6.70. The van der Waals surface area contributed by atoms with Crippen LogP contribution in [0.15, 0.2) is 72.8 Å². The minimum absolute atomic E-state index is 0.0329. The second-order valence-corrected chi connectivity index (χ2v) is 7.13. The molecule has 2 N–H and O–H groups in total. The number of nitrogens with zero attached hydrogens (tertiary/aromatic N) is 1. The van der Waals surface area contributed by atoms with Crippen molar-refractivity contribution in [3.05, 3.63) is 95.3 Å². The Morgan fingerprint density at radius 1 is 0.970 bits per heavy atom. The number of primary amides is 1. The van der Waals surface area contributed by atoms with Crippen LogP contribution in [0.4, 0.5) is 9.18 Å². The van der Waals surface area contributed by atoms with E-state index in [1.54, 1.807) is 65.6 Å². The molecule has 33 heavy (non-hydrogen) atoms. The molecule has 8 heteroatoms. The van der Waals surface area contributed by atoms with Gasteiger partial charge in [0, 0.05) is 17.7 Å². The van der Waals surface area contributed by atoms with Gasteiger partial charge in [-0.25, -0.2) is 9.18 Å². The van der Waals surface area contributed by atoms with Gasteiger partial charge in [-0.15, -0.1) is 0 Å². The van der Waals surface area contributed by atoms with E-state index in [1.807, 2.05) is 6.07 Å². The van der Waals surface area contributed by atoms with Gasteiger partial charge < -0.3 is 24.8 Å². The van der Waals surface area contributed by atoms with E-state index in [0.29, 0.717) is 22.6 Å². The Morgan fingerprint density at radius 2 is 1.70 bits per heavy atom. The second kappa shape index (κ2) is 11.5. The van der Waals surface area contributed by atoms with Gasteiger partial charge in [0.1, 0.15) is 19.0 Å². The molecule has 172 valence electrons. The van der Waals surface area contributed by atoms with Crippen LogP contribution in [0.5, 0.6) is 11.5 Å². The number of carbonyl (C=O) groups is 2. The van der Waals surface area contributed by atoms with E-state index < -0.39 is 6.09 Å². The largest absolute Gasteiger partial charge is 0.493 e. The number of halogens is 1. The van der Waals surface area contributed by atoms with Gasteiger partial charge in [0.05, 0.1) is 13.7 Å². The van der Waals surface area contributed by atoms with Crippen molar-refractivity contribution in [2.24, 2.45) is 5.73 Å². The molecule has 0 aromatic heterocycles. The molecule has 2 amide bonds. The molecule has 3 rings (SSSR count). The molecule has 0 heterocycles. The minimum Gasteiger partial charge on any atom is -0.493 e. The Bertz CT molecular complexity index is 1090. The first-order valence-corrected chi connectivity index (χ1v) is 10.3. The highest BCUT2D eigenvalue weighted by atomic mass is 19.1. The molecular weight excluding hydrogens is 427 g/mol. The molecule has 0 aliphatic carbocycles. The van der Waals surface area contributed by atoms with Crippen molar-refractivity contribution in [1.82, 2.24) is 4.90 Å². The Hall–Kier alpha value is -4.07. The minimum atomic E-state index is -0.903. The molecule has 0 fully saturated rings. The van der Waals surface area contributed by atoms with Gasteiger partial charge in [-0.2, -0.15) is 0 Å². The van der Waals surface area contributed by atoms with E-state index in [1.165, 1.54) is 13.2 Å². The summed E-state index contributed by atoms with van der Waals surface area (Å²) in [5, 5.41) is 0. The van der Waals surface area contributed by atoms with Crippen molar-refractivity contribution < 1.29 is 28.2 Å². The summed E-state index contributed by atoms with van der Waals surface area (Å²) < 4.78 is 29.9. The fourth-order valence-electron chi connectivity index (χ4n) is 3.19. The summed E-state index contributed by atoms with van der Waals surface area (Å²) in [6.07, 6.45) is -0.903. The highest BCUT2D eigenvalue weighted by Crippen LogP contribution is 2.29. The predicted molar refractivity (Wildman–Crippen MR) is 120 cm³/mol. The zero-order chi connectivity index (χ0) is 23.6. The molecule has 0 saturated heterocycles. The number of nitrogens with two attached hydrogens (primary N) is 1. The van der Waals surface area contributed by atoms with Crippen LogP contribution in [0.2, 0.25) is 0 Å². The molecule has 3 aromatic carbocycles. The maximum Gasteiger partial charge on any atom is 0.404 e. The third-order valence-electron chi connectivity index (χ3n) is 4.86. The number of amides is 2. The zero-order valence-electron chi connectivity index (χ0n) is 18.2. The lowest BCUT2D eigenvalue weighted by atomic mass is 10.1. The highest BCUT2D eigenvalue weighted by molar-refractivity contribution is 5.94. The number of benzene rings is 3. The molecule has 0 bridgehead atoms. The van der Waals surface area contributed by atoms with Crippen LogP contribution >= 0.6 is 0 Å². The van der Waals surface area contributed by atoms with Crippen LogP contribution in [0.3, 0.4) is 0 Å². The van der Waals surface area contributed by atoms with E-state index in [-0.39, 0.29) is 38.0 Å². The van der Waals surface area contributed by atoms with Gasteiger partial charge in [0.15, 0.2) is 11.5 Å². The Balaban J connectivity index is 1.75. The molecule has 0 aliphatic rings. The number of hydrogen-bond acceptors (Lipinski definition) is 5. The number of hydrogen-bond donors (Lipinski definition) is 1. The van der Waals surface area contributed by atoms with Crippen LogP contribution in [-0.2, 0) is 17.9 Å². The van der Waals surface area contributed by atoms with Crippen molar-refractivity contribution in [2.75, 3.05) is 20.3 Å². The van der Waals surface area contributed by atoms with Crippen molar-refractivity contribution >= 4 is 12.0 Å². The number of rotatable bonds is 10. The highest BCUT2D eigenvalue weighted by Gasteiger charge is 2.18. The Kier molecular flexibility index (Phi) is 8.24. The summed E-state index contributed by atoms with van der Waals surface area (Å²) in [5.74, 6) is 0.329. The normalized spacial score (nSPS) is 10.4. The third-order valence-corrected chi connectivity index (χ3v) is 4.86. The van der Waals surface area contributed by atoms with E-state index in [4.69, 9.17) is 19.9 Å². The van der Waals surface area contributed by atoms with E-state index >= 15 is 0 Å². The first-order valence-electron chi connectivity index (χ1n) is 10.3. The van der Waals surface area contributed by atoms with Crippen LogP contribution in [0.1, 0.15) is 21.5 Å². The number of carbonyl (C=O) groups excluding carboxylic acids is 2. The van der Waals surface area contributed by atoms with Crippen molar-refractivity contribution in [1.29, 1.82) is 0 Å². The fraction of sp³-hybridized carbons (Fsp3) is 0.200. The van der Waals surface area contributed by atoms with Gasteiger partial charge >= 0.3 is 6.09 Å². The van der Waals surface area contributed by atoms with E-state index in [9.17, 15) is 14.0 Å². The maximum atomic E-state index is 13.9. The van der Waals surface area contributed by atoms with E-state index in [0.717, 1.165) is 5.56 Å². The topological polar surface area (TPSA) is 91.1 Å². The van der Waals surface area contributed by atoms with Gasteiger partial charge in [0.25, 0.3) is 5.91 Å². The fourth-order valence-corrected chi connectivity index (χ4v) is 3.19. The predicted octanol–water partition coefficient (Wildman–Crippen LogP) is 4.15. The smallest absolute Gasteiger partial charge is 0.404 e. The summed E-state index contributed by atoms with van der Waals surface area (Å²) in [4.78, 5) is 25.5. The molecule has 0 aliphatic heterocycles. The van der Waals surface area contributed by atoms with Crippen LogP contribution in [-0.4, -0.2) is 37.2 Å². The zero-order valence-corrected chi connectivity index (χ0v) is 18.2. The van der Waals surface area contributed by atoms with Gasteiger partial charge in [-0.3, -0.25) is 4.79 Å². The summed E-state index contributed by atoms with van der Waals surface area (Å²) in [5.41, 5.74) is 6.74. The molecule has 0 atom stereocenters. The van der Waals surface area contributed by atoms with Gasteiger partial charge in [-0.05, 0) is 35.9 Å². The van der Waals surface area contributed by atoms with Crippen molar-refractivity contribution in [3.63, 3.8) is 0 Å². The van der Waals surface area contributed by atoms with Crippen molar-refractivity contribution in [2.45, 2.75) is 13.2 Å². The molecule has 3 aromatic rings. The Labute approximate surface area is 191 Å². The van der Waals surface area contributed by atoms with Crippen LogP contribution < -0.4 is 15.2 Å². The molecule has 0 spiro atoms. The first-order chi connectivity index (χ1) is 16.0. The first kappa shape index (κ1) is 23.6. The van der Waals surface area contributed by atoms with E-state index in [2.05, 4.69) is 0 Å². The standard InChI is InChI=1S/C25H25FN2O5/c1-31-23-15-18(11-12-22(23)33-17-20-9-5-6-10-21(20)26)16-28(13-14-32-25(27)30)24(29)19-7-3-2-4-8-19/h2-12,15H,13-14,16-17H2,1H3,(H2,27,30). The van der Waals surface area contributed by atoms with Gasteiger partial charge in [0.2, 0.25) is 0 Å². The van der Waals surface area contributed by atoms with Gasteiger partial charge in [-0.1, -0.05) is 42.5 Å². The lowest BCUT2D eigenvalue weighted by Gasteiger charge is -2.23. The number of ether oxygens (including phenoxy) is 3. The van der Waals surface area contributed by atoms with Crippen LogP contribution in [0.25, 0.3) is 0 Å². The Morgan fingerprint density at radius 3 is 2.39 bits per heavy atom. The summed E-state index contributed by atoms with van der Waals surface area (Å²) >= 11 is 0. The summed E-state index contributed by atoms with van der Waals surface area (Å²) in [7, 11) is 1.50. The average molecular weight is 452 g/mol. The summed E-state index contributed by atoms with van der Waals surface area (Å²) in [6.45, 7) is 0.407. The summed E-state index contributed by atoms with van der Waals surface area (Å²) in [6, 6.07) is 20.4.